The number of nitrogens with zero attached hydrogens (tertiary/aromatic N) is 1. The van der Waals surface area contributed by atoms with E-state index in [2.05, 4.69) is 91.5 Å². The maximum Gasteiger partial charge on any atom is 0.123 e. The Morgan fingerprint density at radius 2 is 0.537 bits per heavy atom. The van der Waals surface area contributed by atoms with Crippen LogP contribution in [0.1, 0.15) is 182 Å². The summed E-state index contributed by atoms with van der Waals surface area (Å²) >= 11 is 0. The predicted molar refractivity (Wildman–Crippen MR) is 460 cm³/mol. The summed E-state index contributed by atoms with van der Waals surface area (Å²) in [5.41, 5.74) is 11.5. The van der Waals surface area contributed by atoms with Gasteiger partial charge in [0.05, 0.1) is 30.1 Å². The van der Waals surface area contributed by atoms with E-state index in [1.54, 1.807) is 313 Å². The van der Waals surface area contributed by atoms with Crippen LogP contribution in [0.4, 0.5) is 0 Å². The lowest BCUT2D eigenvalue weighted by Crippen LogP contribution is -2.52. The zero-order valence-electron chi connectivity index (χ0n) is 60.7. The van der Waals surface area contributed by atoms with E-state index in [0.29, 0.717) is 0 Å². The minimum absolute atomic E-state index is 0.0584. The Hall–Kier alpha value is -10.3. The molecule has 3 nitrogen and oxygen atoms in total. The Bertz CT molecular complexity index is 8590. The average molecular weight is 1370 g/mol. The molecule has 1 fully saturated rings. The summed E-state index contributed by atoms with van der Waals surface area (Å²) in [5.74, 6) is 1.96. The molecule has 1 heterocycles. The van der Waals surface area contributed by atoms with Crippen LogP contribution in [0.25, 0.3) is 302 Å². The van der Waals surface area contributed by atoms with Gasteiger partial charge in [-0.05, 0) is 360 Å². The van der Waals surface area contributed by atoms with Crippen LogP contribution in [0.5, 0.6) is 11.5 Å². The van der Waals surface area contributed by atoms with Gasteiger partial charge in [0.1, 0.15) is 11.5 Å². The van der Waals surface area contributed by atoms with E-state index in [1.165, 1.54) is 138 Å². The fraction of sp³-hybridized carbons (Fsp3) is 0.276. The second kappa shape index (κ2) is 15.7. The number of benzene rings is 21. The Morgan fingerprint density at radius 3 is 0.843 bits per heavy atom. The van der Waals surface area contributed by atoms with Crippen molar-refractivity contribution < 1.29 is 9.47 Å². The fourth-order valence-corrected chi connectivity index (χ4v) is 31.8. The lowest BCUT2D eigenvalue weighted by atomic mass is 9.47. The van der Waals surface area contributed by atoms with Gasteiger partial charge in [-0.15, -0.1) is 0 Å². The van der Waals surface area contributed by atoms with E-state index in [1.807, 2.05) is 0 Å². The first kappa shape index (κ1) is 52.7. The van der Waals surface area contributed by atoms with E-state index >= 15 is 0 Å². The molecule has 1 aliphatic heterocycles. The molecule has 0 saturated carbocycles. The van der Waals surface area contributed by atoms with Gasteiger partial charge in [-0.3, -0.25) is 4.90 Å². The van der Waals surface area contributed by atoms with E-state index < -0.39 is 10.8 Å². The Morgan fingerprint density at radius 1 is 0.278 bits per heavy atom. The molecule has 0 N–H and O–H groups in total. The lowest BCUT2D eigenvalue weighted by Gasteiger charge is -2.52. The largest absolute Gasteiger partial charge is 0.493 e. The predicted octanol–water partition coefficient (Wildman–Crippen LogP) is 29.8. The van der Waals surface area contributed by atoms with Gasteiger partial charge in [0.15, 0.2) is 0 Å². The Kier molecular flexibility index (Phi) is 7.64. The molecule has 1 unspecified atom stereocenters. The van der Waals surface area contributed by atoms with Gasteiger partial charge in [-0.2, -0.15) is 0 Å². The third kappa shape index (κ3) is 4.30. The van der Waals surface area contributed by atoms with E-state index in [0.717, 1.165) is 50.6 Å². The molecule has 31 aromatic carbocycles. The van der Waals surface area contributed by atoms with Crippen LogP contribution in [-0.2, 0) is 17.4 Å². The summed E-state index contributed by atoms with van der Waals surface area (Å²) in [7, 11) is 0. The number of hydrogen-bond donors (Lipinski definition) is 0. The van der Waals surface area contributed by atoms with Crippen LogP contribution in [0.3, 0.4) is 0 Å². The van der Waals surface area contributed by atoms with Crippen molar-refractivity contribution in [2.45, 2.75) is 166 Å². The number of hydrogen-bond acceptors (Lipinski definition) is 3. The van der Waals surface area contributed by atoms with Gasteiger partial charge in [-0.1, -0.05) is 184 Å². The second-order valence-electron chi connectivity index (χ2n) is 37.6. The molecule has 31 aromatic rings. The summed E-state index contributed by atoms with van der Waals surface area (Å²) in [6, 6.07) is 29.0. The topological polar surface area (TPSA) is 21.7 Å². The molecule has 5 aliphatic rings. The Labute approximate surface area is 615 Å². The van der Waals surface area contributed by atoms with Crippen LogP contribution < -0.4 is 9.47 Å². The summed E-state index contributed by atoms with van der Waals surface area (Å²) < 4.78 is 14.4. The van der Waals surface area contributed by atoms with Gasteiger partial charge in [0, 0.05) is 19.2 Å². The van der Waals surface area contributed by atoms with Crippen molar-refractivity contribution in [2.24, 2.45) is 0 Å². The summed E-state index contributed by atoms with van der Waals surface area (Å²) in [5, 5.41) is 89.4. The van der Waals surface area contributed by atoms with E-state index in [9.17, 15) is 0 Å². The van der Waals surface area contributed by atoms with Crippen LogP contribution in [0.15, 0.2) is 72.8 Å². The maximum atomic E-state index is 7.18. The van der Waals surface area contributed by atoms with Gasteiger partial charge < -0.3 is 9.47 Å². The van der Waals surface area contributed by atoms with Crippen molar-refractivity contribution in [3.05, 3.63) is 106 Å². The van der Waals surface area contributed by atoms with Gasteiger partial charge >= 0.3 is 0 Å². The first-order chi connectivity index (χ1) is 53.8. The molecule has 2 spiro atoms. The average Bonchev–Trinajstić information content (AvgIpc) is 1.38. The van der Waals surface area contributed by atoms with Crippen molar-refractivity contribution in [1.29, 1.82) is 0 Å². The highest BCUT2D eigenvalue weighted by Crippen LogP contribution is 2.87. The normalized spacial score (nSPS) is 19.6. The van der Waals surface area contributed by atoms with Crippen LogP contribution >= 0.6 is 0 Å². The highest BCUT2D eigenvalue weighted by Gasteiger charge is 2.76. The fourth-order valence-electron chi connectivity index (χ4n) is 31.8. The molecule has 36 rings (SSSR count). The molecule has 4 aliphatic carbocycles. The molecule has 0 bridgehead atoms. The molecule has 1 atom stereocenters. The number of ether oxygens (including phenoxy) is 2. The summed E-state index contributed by atoms with van der Waals surface area (Å²) in [4.78, 5) is 3.18. The van der Waals surface area contributed by atoms with Crippen molar-refractivity contribution in [3.63, 3.8) is 0 Å². The highest BCUT2D eigenvalue weighted by molar-refractivity contribution is 6.82. The first-order valence-electron chi connectivity index (χ1n) is 42.8. The van der Waals surface area contributed by atoms with E-state index in [4.69, 9.17) is 9.47 Å². The van der Waals surface area contributed by atoms with Crippen molar-refractivity contribution >= 4 is 291 Å². The molecule has 0 amide bonds. The monoisotopic (exact) mass is 1370 g/mol. The van der Waals surface area contributed by atoms with Gasteiger partial charge in [-0.25, -0.2) is 0 Å². The van der Waals surface area contributed by atoms with Crippen LogP contribution in [-0.4, -0.2) is 24.7 Å². The summed E-state index contributed by atoms with van der Waals surface area (Å²) in [6.07, 6.45) is 26.3. The number of likely N-dealkylation sites (tertiary alicyclic amines) is 1. The quantitative estimate of drug-likeness (QED) is 0.0360. The minimum Gasteiger partial charge on any atom is -0.493 e. The van der Waals surface area contributed by atoms with Gasteiger partial charge in [0.25, 0.3) is 0 Å². The molecule has 504 valence electrons. The zero-order chi connectivity index (χ0) is 68.0. The van der Waals surface area contributed by atoms with Crippen molar-refractivity contribution in [3.8, 4) is 22.6 Å². The third-order valence-corrected chi connectivity index (χ3v) is 34.0. The second-order valence-corrected chi connectivity index (χ2v) is 37.6. The standard InChI is InChI=1S/C105H67NO2/c1-3-5-7-9-11-13-15-17-19-26-32-107-41-34-39(35-42(36-41)108-33-27-20-18-16-14-12-10-8-6-4-2)37-106-38-104-99-91-83-73-63-55-47-45-46-49-53-51(47)59-67-61(53)71-65-57(49)58-50(46)54-52-48(45)56(55)64-70-60(52)68-62(54)72-66(58)76-75(65)87-81(71)89-79(67)85(77(83)69(59)63)93(99)95(89)101-97(87)98-88(76)82(72)90-80(68)86-78(70)84(74(64)73)92(91)100(104)94(86)96(90)102(98)105(101,104)103(106)44-31-25-24-30-43(44)40-28-22-21-23-29-40/h21-25,28-31,34-36,103H,3-20,26-27,32-33,37-38H2,1-2H3. The molecular formula is C105H67NO2. The molecule has 108 heavy (non-hydrogen) atoms. The number of unbranched alkanes of at least 4 members (excludes halogenated alkanes) is 18. The Balaban J connectivity index is 0.687. The van der Waals surface area contributed by atoms with Gasteiger partial charge in [0.2, 0.25) is 0 Å². The zero-order valence-corrected chi connectivity index (χ0v) is 60.7. The first-order valence-corrected chi connectivity index (χ1v) is 42.8. The molecule has 1 saturated heterocycles. The lowest BCUT2D eigenvalue weighted by molar-refractivity contribution is 0.217. The van der Waals surface area contributed by atoms with E-state index in [-0.39, 0.29) is 6.04 Å². The molecule has 0 radical (unpaired) electrons. The molecule has 0 aromatic heterocycles. The SMILES string of the molecule is CCCCCCCCCCCCOc1cc(CN2CC34c5c6c7c8c9c%10c(c%11c%12c3c3c5c5c%13c6c6c7c7c9c9c%14c%10c%10c%11c%11c%12c%12c3c3c5c5c%13c%13c6c6c7c9c7c9c%14c%10c%10c%11c%11c%12c3c3c5c5c%13c6c7c6c9c%10c%11c3c56)C84C2c2ccccc2-c2ccccc2)cc(OCCCCCCCCCCCC)c1. The third-order valence-electron chi connectivity index (χ3n) is 34.0. The number of rotatable bonds is 28. The maximum absolute atomic E-state index is 7.18. The van der Waals surface area contributed by atoms with Crippen molar-refractivity contribution in [1.82, 2.24) is 4.90 Å². The van der Waals surface area contributed by atoms with Crippen molar-refractivity contribution in [2.75, 3.05) is 19.8 Å². The minimum atomic E-state index is -0.526. The molecule has 3 heteroatoms. The van der Waals surface area contributed by atoms with Crippen LogP contribution in [0, 0.1) is 0 Å². The highest BCUT2D eigenvalue weighted by atomic mass is 16.5. The molecular weight excluding hydrogens is 1310 g/mol. The summed E-state index contributed by atoms with van der Waals surface area (Å²) in [6.45, 7) is 7.83. The van der Waals surface area contributed by atoms with Crippen LogP contribution in [0.2, 0.25) is 0 Å². The smallest absolute Gasteiger partial charge is 0.123 e.